The normalized spacial score (nSPS) is 22.1. The number of hydrogen-bond donors (Lipinski definition) is 0. The molecule has 0 spiro atoms. The molecule has 0 aromatic heterocycles. The van der Waals surface area contributed by atoms with Crippen molar-refractivity contribution in [1.82, 2.24) is 0 Å². The summed E-state index contributed by atoms with van der Waals surface area (Å²) in [6, 6.07) is 8.30. The maximum Gasteiger partial charge on any atom is 0.192 e. The van der Waals surface area contributed by atoms with Crippen LogP contribution in [0.25, 0.3) is 0 Å². The molecule has 1 aliphatic rings. The van der Waals surface area contributed by atoms with E-state index in [0.717, 1.165) is 12.2 Å². The Morgan fingerprint density at radius 1 is 1.20 bits per heavy atom. The van der Waals surface area contributed by atoms with Crippen LogP contribution in [0.5, 0.6) is 5.75 Å². The first-order chi connectivity index (χ1) is 9.02. The molecule has 1 heterocycles. The van der Waals surface area contributed by atoms with Crippen molar-refractivity contribution in [3.8, 4) is 5.75 Å². The van der Waals surface area contributed by atoms with Crippen LogP contribution in [-0.4, -0.2) is 13.9 Å². The third kappa shape index (κ3) is 3.09. The van der Waals surface area contributed by atoms with E-state index in [2.05, 4.69) is 65.9 Å². The van der Waals surface area contributed by atoms with E-state index >= 15 is 0 Å². The standard InChI is InChI=1S/C17H28O2Si/c1-16(2,3)20(6,7)19-15-12-17(4,5)18-14-11-9-8-10-13(14)15/h8-11,15H,12H2,1-7H3. The third-order valence-electron chi connectivity index (χ3n) is 4.57. The summed E-state index contributed by atoms with van der Waals surface area (Å²) in [4.78, 5) is 0. The minimum absolute atomic E-state index is 0.149. The largest absolute Gasteiger partial charge is 0.487 e. The van der Waals surface area contributed by atoms with Gasteiger partial charge in [-0.2, -0.15) is 0 Å². The van der Waals surface area contributed by atoms with E-state index in [0.29, 0.717) is 0 Å². The molecule has 0 amide bonds. The average molecular weight is 292 g/mol. The zero-order valence-corrected chi connectivity index (χ0v) is 14.9. The van der Waals surface area contributed by atoms with Gasteiger partial charge in [0.2, 0.25) is 0 Å². The third-order valence-corrected chi connectivity index (χ3v) is 9.06. The lowest BCUT2D eigenvalue weighted by atomic mass is 9.92. The van der Waals surface area contributed by atoms with E-state index in [-0.39, 0.29) is 16.7 Å². The SMILES string of the molecule is CC1(C)CC(O[Si](C)(C)C(C)(C)C)c2ccccc2O1. The Hall–Kier alpha value is -0.803. The van der Waals surface area contributed by atoms with Crippen molar-refractivity contribution >= 4 is 8.32 Å². The van der Waals surface area contributed by atoms with Crippen LogP contribution in [0.1, 0.15) is 52.7 Å². The molecule has 0 fully saturated rings. The van der Waals surface area contributed by atoms with E-state index in [1.807, 2.05) is 6.07 Å². The van der Waals surface area contributed by atoms with Gasteiger partial charge < -0.3 is 9.16 Å². The summed E-state index contributed by atoms with van der Waals surface area (Å²) in [6.07, 6.45) is 1.06. The lowest BCUT2D eigenvalue weighted by Gasteiger charge is -2.44. The fourth-order valence-corrected chi connectivity index (χ4v) is 3.65. The molecule has 1 aliphatic heterocycles. The van der Waals surface area contributed by atoms with Crippen molar-refractivity contribution in [2.45, 2.75) is 70.9 Å². The van der Waals surface area contributed by atoms with Crippen molar-refractivity contribution in [3.05, 3.63) is 29.8 Å². The number of ether oxygens (including phenoxy) is 1. The Kier molecular flexibility index (Phi) is 3.80. The minimum atomic E-state index is -1.78. The smallest absolute Gasteiger partial charge is 0.192 e. The first-order valence-corrected chi connectivity index (χ1v) is 10.4. The molecule has 20 heavy (non-hydrogen) atoms. The van der Waals surface area contributed by atoms with E-state index in [1.165, 1.54) is 5.56 Å². The van der Waals surface area contributed by atoms with Gasteiger partial charge in [-0.15, -0.1) is 0 Å². The van der Waals surface area contributed by atoms with Crippen LogP contribution < -0.4 is 4.74 Å². The highest BCUT2D eigenvalue weighted by molar-refractivity contribution is 6.74. The molecule has 2 rings (SSSR count). The number of hydrogen-bond acceptors (Lipinski definition) is 2. The average Bonchev–Trinajstić information content (AvgIpc) is 2.25. The molecule has 0 saturated carbocycles. The predicted octanol–water partition coefficient (Wildman–Crippen LogP) is 5.31. The summed E-state index contributed by atoms with van der Waals surface area (Å²) in [5, 5.41) is 0.227. The van der Waals surface area contributed by atoms with Crippen molar-refractivity contribution in [2.24, 2.45) is 0 Å². The van der Waals surface area contributed by atoms with Crippen molar-refractivity contribution < 1.29 is 9.16 Å². The lowest BCUT2D eigenvalue weighted by Crippen LogP contribution is -2.45. The highest BCUT2D eigenvalue weighted by atomic mass is 28.4. The quantitative estimate of drug-likeness (QED) is 0.688. The zero-order chi connectivity index (χ0) is 15.2. The molecule has 0 aliphatic carbocycles. The minimum Gasteiger partial charge on any atom is -0.487 e. The van der Waals surface area contributed by atoms with E-state index in [4.69, 9.17) is 9.16 Å². The Labute approximate surface area is 124 Å². The second-order valence-corrected chi connectivity index (χ2v) is 12.7. The molecule has 1 aromatic rings. The predicted molar refractivity (Wildman–Crippen MR) is 86.8 cm³/mol. The highest BCUT2D eigenvalue weighted by Crippen LogP contribution is 2.46. The molecule has 3 heteroatoms. The molecule has 1 aromatic carbocycles. The molecular formula is C17H28O2Si. The fourth-order valence-electron chi connectivity index (χ4n) is 2.37. The highest BCUT2D eigenvalue weighted by Gasteiger charge is 2.43. The van der Waals surface area contributed by atoms with Gasteiger partial charge >= 0.3 is 0 Å². The van der Waals surface area contributed by atoms with Crippen LogP contribution in [-0.2, 0) is 4.43 Å². The van der Waals surface area contributed by atoms with Gasteiger partial charge in [-0.05, 0) is 38.0 Å². The molecule has 0 N–H and O–H groups in total. The summed E-state index contributed by atoms with van der Waals surface area (Å²) in [5.41, 5.74) is 1.04. The summed E-state index contributed by atoms with van der Waals surface area (Å²) in [5.74, 6) is 0.979. The maximum atomic E-state index is 6.66. The Morgan fingerprint density at radius 2 is 1.80 bits per heavy atom. The summed E-state index contributed by atoms with van der Waals surface area (Å²) < 4.78 is 12.7. The zero-order valence-electron chi connectivity index (χ0n) is 13.9. The van der Waals surface area contributed by atoms with Gasteiger partial charge in [-0.3, -0.25) is 0 Å². The topological polar surface area (TPSA) is 18.5 Å². The first-order valence-electron chi connectivity index (χ1n) is 7.48. The van der Waals surface area contributed by atoms with Gasteiger partial charge in [0.15, 0.2) is 8.32 Å². The van der Waals surface area contributed by atoms with Crippen LogP contribution in [0.3, 0.4) is 0 Å². The Bertz CT molecular complexity index is 486. The number of benzene rings is 1. The monoisotopic (exact) mass is 292 g/mol. The van der Waals surface area contributed by atoms with Gasteiger partial charge in [-0.25, -0.2) is 0 Å². The molecule has 0 bridgehead atoms. The number of fused-ring (bicyclic) bond motifs is 1. The van der Waals surface area contributed by atoms with E-state index in [9.17, 15) is 0 Å². The van der Waals surface area contributed by atoms with Crippen LogP contribution in [0, 0.1) is 0 Å². The summed E-state index contributed by atoms with van der Waals surface area (Å²) >= 11 is 0. The fraction of sp³-hybridized carbons (Fsp3) is 0.647. The van der Waals surface area contributed by atoms with Gasteiger partial charge in [0.25, 0.3) is 0 Å². The van der Waals surface area contributed by atoms with Gasteiger partial charge in [0.05, 0.1) is 6.10 Å². The second kappa shape index (κ2) is 4.88. The Morgan fingerprint density at radius 3 is 2.40 bits per heavy atom. The van der Waals surface area contributed by atoms with Crippen LogP contribution in [0.2, 0.25) is 18.1 Å². The van der Waals surface area contributed by atoms with Crippen molar-refractivity contribution in [2.75, 3.05) is 0 Å². The Balaban J connectivity index is 2.33. The second-order valence-electron chi connectivity index (χ2n) is 7.97. The van der Waals surface area contributed by atoms with Gasteiger partial charge in [0.1, 0.15) is 11.4 Å². The molecule has 2 nitrogen and oxygen atoms in total. The molecule has 0 radical (unpaired) electrons. The summed E-state index contributed by atoms with van der Waals surface area (Å²) in [6.45, 7) is 15.8. The van der Waals surface area contributed by atoms with Crippen molar-refractivity contribution in [3.63, 3.8) is 0 Å². The van der Waals surface area contributed by atoms with Gasteiger partial charge in [0, 0.05) is 12.0 Å². The molecule has 112 valence electrons. The lowest BCUT2D eigenvalue weighted by molar-refractivity contribution is 0.0166. The van der Waals surface area contributed by atoms with E-state index in [1.54, 1.807) is 0 Å². The maximum absolute atomic E-state index is 6.66. The number of rotatable bonds is 2. The molecule has 1 unspecified atom stereocenters. The van der Waals surface area contributed by atoms with Crippen LogP contribution in [0.4, 0.5) is 0 Å². The van der Waals surface area contributed by atoms with Crippen molar-refractivity contribution in [1.29, 1.82) is 0 Å². The molecular weight excluding hydrogens is 264 g/mol. The molecule has 1 atom stereocenters. The first kappa shape index (κ1) is 15.6. The number of para-hydroxylation sites is 1. The van der Waals surface area contributed by atoms with Crippen LogP contribution in [0.15, 0.2) is 24.3 Å². The van der Waals surface area contributed by atoms with Gasteiger partial charge in [-0.1, -0.05) is 39.0 Å². The summed E-state index contributed by atoms with van der Waals surface area (Å²) in [7, 11) is -1.78. The van der Waals surface area contributed by atoms with Crippen LogP contribution >= 0.6 is 0 Å². The molecule has 0 saturated heterocycles. The van der Waals surface area contributed by atoms with E-state index < -0.39 is 8.32 Å².